The number of benzene rings is 1. The summed E-state index contributed by atoms with van der Waals surface area (Å²) in [5.41, 5.74) is 14.1. The largest absolute Gasteiger partial charge is 0.361 e. The second-order valence-electron chi connectivity index (χ2n) is 18.5. The number of nitrogens with one attached hydrogen (secondary N) is 2. The lowest BCUT2D eigenvalue weighted by molar-refractivity contribution is 0.0644. The Morgan fingerprint density at radius 1 is 0.846 bits per heavy atom. The molecule has 0 amide bonds. The minimum atomic E-state index is 0.197. The molecule has 8 unspecified atom stereocenters. The van der Waals surface area contributed by atoms with Crippen LogP contribution in [0.25, 0.3) is 0 Å². The van der Waals surface area contributed by atoms with Crippen molar-refractivity contribution in [3.63, 3.8) is 0 Å². The maximum atomic E-state index is 4.13. The van der Waals surface area contributed by atoms with Gasteiger partial charge in [0.25, 0.3) is 0 Å². The van der Waals surface area contributed by atoms with Crippen molar-refractivity contribution in [1.29, 1.82) is 0 Å². The lowest BCUT2D eigenvalue weighted by Gasteiger charge is -2.49. The van der Waals surface area contributed by atoms with E-state index in [2.05, 4.69) is 110 Å². The van der Waals surface area contributed by atoms with Gasteiger partial charge in [-0.3, -0.25) is 5.32 Å². The van der Waals surface area contributed by atoms with Crippen LogP contribution in [0.3, 0.4) is 0 Å². The van der Waals surface area contributed by atoms with Crippen molar-refractivity contribution in [2.24, 2.45) is 35.0 Å². The second kappa shape index (κ2) is 12.3. The van der Waals surface area contributed by atoms with Crippen LogP contribution < -0.4 is 10.6 Å². The molecular formula is C49H56N2S. The summed E-state index contributed by atoms with van der Waals surface area (Å²) in [4.78, 5) is 1.51. The Bertz CT molecular complexity index is 1980. The van der Waals surface area contributed by atoms with E-state index < -0.39 is 0 Å². The van der Waals surface area contributed by atoms with E-state index in [1.807, 2.05) is 17.3 Å². The molecule has 2 N–H and O–H groups in total. The maximum Gasteiger partial charge on any atom is 0.100 e. The average Bonchev–Trinajstić information content (AvgIpc) is 3.78. The molecule has 0 saturated heterocycles. The van der Waals surface area contributed by atoms with Crippen LogP contribution in [0.1, 0.15) is 114 Å². The van der Waals surface area contributed by atoms with Crippen molar-refractivity contribution in [2.75, 3.05) is 0 Å². The molecule has 52 heavy (non-hydrogen) atoms. The molecule has 268 valence electrons. The molecule has 2 fully saturated rings. The van der Waals surface area contributed by atoms with E-state index in [4.69, 9.17) is 0 Å². The highest BCUT2D eigenvalue weighted by Gasteiger charge is 2.60. The number of rotatable bonds is 3. The van der Waals surface area contributed by atoms with Crippen molar-refractivity contribution in [1.82, 2.24) is 10.6 Å². The summed E-state index contributed by atoms with van der Waals surface area (Å²) in [5.74, 6) is 4.22. The van der Waals surface area contributed by atoms with Gasteiger partial charge in [0, 0.05) is 11.8 Å². The Morgan fingerprint density at radius 3 is 2.58 bits per heavy atom. The maximum absolute atomic E-state index is 4.13. The summed E-state index contributed by atoms with van der Waals surface area (Å²) >= 11 is 1.99. The fraction of sp³-hybridized carbons (Fsp3) is 0.510. The molecular weight excluding hydrogens is 649 g/mol. The fourth-order valence-electron chi connectivity index (χ4n) is 13.5. The zero-order valence-electron chi connectivity index (χ0n) is 31.3. The van der Waals surface area contributed by atoms with Gasteiger partial charge in [0.05, 0.1) is 11.1 Å². The minimum absolute atomic E-state index is 0.197. The molecule has 0 radical (unpaired) electrons. The number of hydrogen-bond acceptors (Lipinski definition) is 3. The van der Waals surface area contributed by atoms with E-state index in [0.29, 0.717) is 17.3 Å². The smallest absolute Gasteiger partial charge is 0.100 e. The van der Waals surface area contributed by atoms with Crippen molar-refractivity contribution in [3.8, 4) is 0 Å². The van der Waals surface area contributed by atoms with Crippen LogP contribution >= 0.6 is 11.8 Å². The first-order valence-electron chi connectivity index (χ1n) is 21.1. The molecule has 2 saturated carbocycles. The molecule has 1 aromatic carbocycles. The highest BCUT2D eigenvalue weighted by atomic mass is 32.2. The van der Waals surface area contributed by atoms with Crippen molar-refractivity contribution in [2.45, 2.75) is 121 Å². The van der Waals surface area contributed by atoms with Crippen molar-refractivity contribution < 1.29 is 0 Å². The van der Waals surface area contributed by atoms with Crippen LogP contribution in [0.5, 0.6) is 0 Å². The molecule has 8 aliphatic carbocycles. The van der Waals surface area contributed by atoms with Gasteiger partial charge >= 0.3 is 0 Å². The zero-order chi connectivity index (χ0) is 34.6. The molecule has 10 aliphatic rings. The number of thioether (sulfide) groups is 1. The summed E-state index contributed by atoms with van der Waals surface area (Å²) in [5, 5.41) is 9.48. The van der Waals surface area contributed by atoms with Crippen molar-refractivity contribution in [3.05, 3.63) is 140 Å². The predicted molar refractivity (Wildman–Crippen MR) is 217 cm³/mol. The van der Waals surface area contributed by atoms with Gasteiger partial charge in [-0.05, 0) is 137 Å². The molecule has 1 spiro atoms. The number of fused-ring (bicyclic) bond motifs is 9. The van der Waals surface area contributed by atoms with E-state index in [1.165, 1.54) is 78.9 Å². The summed E-state index contributed by atoms with van der Waals surface area (Å²) < 4.78 is 0. The van der Waals surface area contributed by atoms with E-state index in [1.54, 1.807) is 27.8 Å². The molecule has 8 atom stereocenters. The third-order valence-corrected chi connectivity index (χ3v) is 17.2. The Hall–Kier alpha value is -3.01. The Kier molecular flexibility index (Phi) is 7.64. The van der Waals surface area contributed by atoms with Gasteiger partial charge in [-0.1, -0.05) is 141 Å². The zero-order valence-corrected chi connectivity index (χ0v) is 32.1. The topological polar surface area (TPSA) is 24.1 Å². The number of allylic oxidation sites excluding steroid dienone is 13. The van der Waals surface area contributed by atoms with Crippen molar-refractivity contribution >= 4 is 11.8 Å². The van der Waals surface area contributed by atoms with E-state index in [0.717, 1.165) is 49.4 Å². The quantitative estimate of drug-likeness (QED) is 0.328. The first kappa shape index (κ1) is 32.4. The molecule has 2 aliphatic heterocycles. The molecule has 3 heteroatoms. The van der Waals surface area contributed by atoms with Gasteiger partial charge in [0.1, 0.15) is 6.17 Å². The Labute approximate surface area is 316 Å². The Balaban J connectivity index is 0.862. The van der Waals surface area contributed by atoms with Gasteiger partial charge in [-0.25, -0.2) is 0 Å². The summed E-state index contributed by atoms with van der Waals surface area (Å²) in [7, 11) is 0. The normalized spacial score (nSPS) is 37.6. The van der Waals surface area contributed by atoms with Crippen LogP contribution in [0.4, 0.5) is 0 Å². The minimum Gasteiger partial charge on any atom is -0.361 e. The monoisotopic (exact) mass is 704 g/mol. The third-order valence-electron chi connectivity index (χ3n) is 16.0. The van der Waals surface area contributed by atoms with E-state index >= 15 is 0 Å². The average molecular weight is 705 g/mol. The predicted octanol–water partition coefficient (Wildman–Crippen LogP) is 11.8. The van der Waals surface area contributed by atoms with E-state index in [-0.39, 0.29) is 17.6 Å². The number of hydrogen-bond donors (Lipinski definition) is 2. The fourth-order valence-corrected chi connectivity index (χ4v) is 14.8. The van der Waals surface area contributed by atoms with Crippen LogP contribution in [0.2, 0.25) is 0 Å². The second-order valence-corrected chi connectivity index (χ2v) is 19.6. The van der Waals surface area contributed by atoms with E-state index in [9.17, 15) is 0 Å². The van der Waals surface area contributed by atoms with Crippen LogP contribution in [-0.4, -0.2) is 12.2 Å². The highest BCUT2D eigenvalue weighted by molar-refractivity contribution is 8.07. The third kappa shape index (κ3) is 4.79. The molecule has 0 bridgehead atoms. The lowest BCUT2D eigenvalue weighted by atomic mass is 9.55. The lowest BCUT2D eigenvalue weighted by Crippen LogP contribution is -2.54. The molecule has 1 aromatic rings. The summed E-state index contributed by atoms with van der Waals surface area (Å²) in [6.07, 6.45) is 41.6. The standard InChI is InChI=1S/C49H56N2S/c1-48(2)40-27-33(23-24-35(40)37-28-38-34-15-7-9-17-39(34)49(25-11-4-12-26-49)42(38)29-41(37)48)30-19-21-31(22-20-30)45-44-36-16-8-10-18-43(36)52-47(44)51-46(50-45)32-13-5-3-6-14-32/h3,5,7-10,13,15,17-19,21-22,27,30,36-38,41-42,45-46,50-51H,4,6,11-12,14,16,20,23-26,28-29H2,1-2H3. The van der Waals surface area contributed by atoms with Crippen LogP contribution in [0, 0.1) is 35.0 Å². The molecule has 0 aromatic heterocycles. The van der Waals surface area contributed by atoms with Crippen LogP contribution in [-0.2, 0) is 5.41 Å². The van der Waals surface area contributed by atoms with Gasteiger partial charge in [-0.2, -0.15) is 0 Å². The molecule has 2 nitrogen and oxygen atoms in total. The SMILES string of the molecule is CC1(C)C2=C(CCC(C3C=CC(C4NC(C5=CC=CCC5)NC5=C4C4CC=CC=C4S5)=CC3)=C2)C2CC3c4ccccc4C4(CCCCC4)C3CC21. The first-order chi connectivity index (χ1) is 25.5. The van der Waals surface area contributed by atoms with Gasteiger partial charge in [-0.15, -0.1) is 0 Å². The summed E-state index contributed by atoms with van der Waals surface area (Å²) in [6.45, 7) is 5.28. The Morgan fingerprint density at radius 2 is 1.73 bits per heavy atom. The van der Waals surface area contributed by atoms with Gasteiger partial charge in [0.15, 0.2) is 0 Å². The summed E-state index contributed by atoms with van der Waals surface area (Å²) in [6, 6.07) is 10.0. The molecule has 2 heterocycles. The highest BCUT2D eigenvalue weighted by Crippen LogP contribution is 2.69. The van der Waals surface area contributed by atoms with Crippen LogP contribution in [0.15, 0.2) is 128 Å². The first-order valence-corrected chi connectivity index (χ1v) is 21.9. The van der Waals surface area contributed by atoms with Gasteiger partial charge < -0.3 is 5.32 Å². The van der Waals surface area contributed by atoms with Gasteiger partial charge in [0.2, 0.25) is 0 Å². The molecule has 11 rings (SSSR count).